The summed E-state index contributed by atoms with van der Waals surface area (Å²) >= 11 is 3.20. The van der Waals surface area contributed by atoms with Gasteiger partial charge in [0, 0.05) is 23.8 Å². The Balaban J connectivity index is 1.04. The van der Waals surface area contributed by atoms with Crippen molar-refractivity contribution >= 4 is 39.0 Å². The zero-order chi connectivity index (χ0) is 40.6. The maximum absolute atomic E-state index is 13.6. The summed E-state index contributed by atoms with van der Waals surface area (Å²) in [5, 5.41) is 21.9. The zero-order valence-electron chi connectivity index (χ0n) is 32.4. The number of thioether (sulfide) groups is 1. The van der Waals surface area contributed by atoms with E-state index < -0.39 is 28.3 Å². The van der Waals surface area contributed by atoms with Crippen LogP contribution in [0.5, 0.6) is 0 Å². The molecule has 13 heteroatoms. The fraction of sp³-hybridized carbons (Fsp3) is 0.267. The van der Waals surface area contributed by atoms with Gasteiger partial charge in [-0.3, -0.25) is 4.79 Å². The summed E-state index contributed by atoms with van der Waals surface area (Å²) in [5.41, 5.74) is 7.33. The molecule has 0 aliphatic carbocycles. The van der Waals surface area contributed by atoms with E-state index in [2.05, 4.69) is 27.2 Å². The van der Waals surface area contributed by atoms with Crippen LogP contribution in [-0.4, -0.2) is 47.5 Å². The number of aliphatic hydroxyl groups excluding tert-OH is 1. The Hall–Kier alpha value is -4.73. The van der Waals surface area contributed by atoms with Crippen LogP contribution in [0.2, 0.25) is 0 Å². The van der Waals surface area contributed by atoms with Crippen molar-refractivity contribution in [3.63, 3.8) is 0 Å². The molecule has 300 valence electrons. The highest BCUT2D eigenvalue weighted by Gasteiger charge is 2.38. The normalized spacial score (nSPS) is 18.8. The van der Waals surface area contributed by atoms with Gasteiger partial charge in [-0.25, -0.2) is 8.42 Å². The molecule has 1 aromatic heterocycles. The fourth-order valence-corrected chi connectivity index (χ4v) is 10.0. The summed E-state index contributed by atoms with van der Waals surface area (Å²) in [4.78, 5) is 13.8. The third-order valence-corrected chi connectivity index (χ3v) is 13.7. The summed E-state index contributed by atoms with van der Waals surface area (Å²) in [6, 6.07) is 38.8. The van der Waals surface area contributed by atoms with Crippen LogP contribution in [-0.2, 0) is 43.9 Å². The summed E-state index contributed by atoms with van der Waals surface area (Å²) in [6.45, 7) is 6.16. The number of carbonyl (C=O) groups is 1. The second-order valence-electron chi connectivity index (χ2n) is 14.4. The van der Waals surface area contributed by atoms with E-state index in [0.717, 1.165) is 53.9 Å². The maximum atomic E-state index is 13.6. The van der Waals surface area contributed by atoms with E-state index in [1.165, 1.54) is 0 Å². The number of aromatic nitrogens is 2. The topological polar surface area (TPSA) is 140 Å². The highest BCUT2D eigenvalue weighted by atomic mass is 32.2. The highest BCUT2D eigenvalue weighted by Crippen LogP contribution is 2.43. The molecule has 0 spiro atoms. The van der Waals surface area contributed by atoms with Gasteiger partial charge in [-0.2, -0.15) is 4.72 Å². The Morgan fingerprint density at radius 1 is 0.810 bits per heavy atom. The van der Waals surface area contributed by atoms with Crippen molar-refractivity contribution < 1.29 is 27.8 Å². The Morgan fingerprint density at radius 3 is 2.21 bits per heavy atom. The number of aliphatic hydroxyl groups is 1. The first-order valence-corrected chi connectivity index (χ1v) is 22.4. The minimum atomic E-state index is -3.96. The molecule has 1 amide bonds. The molecule has 5 aromatic carbocycles. The summed E-state index contributed by atoms with van der Waals surface area (Å²) in [7, 11) is -3.96. The van der Waals surface area contributed by atoms with Crippen LogP contribution in [0.25, 0.3) is 11.1 Å². The average Bonchev–Trinajstić information content (AvgIpc) is 3.67. The molecule has 1 fully saturated rings. The Bertz CT molecular complexity index is 2390. The van der Waals surface area contributed by atoms with E-state index in [4.69, 9.17) is 9.47 Å². The van der Waals surface area contributed by atoms with E-state index in [1.807, 2.05) is 117 Å². The van der Waals surface area contributed by atoms with Crippen molar-refractivity contribution in [2.45, 2.75) is 74.1 Å². The SMILES string of the molecule is Cc1ccc(S(=O)(=O)NC(Cc2ccccc2)C(=O)NCc2cccc(-c3ccc(C4OC(CSc5nnc(C)s5)C(C)C(c5ccc(CO)cc5)O4)cc3)c2)cc1. The van der Waals surface area contributed by atoms with Crippen LogP contribution in [0, 0.1) is 19.8 Å². The largest absolute Gasteiger partial charge is 0.392 e. The Morgan fingerprint density at radius 2 is 1.52 bits per heavy atom. The van der Waals surface area contributed by atoms with Crippen LogP contribution in [0.1, 0.15) is 57.7 Å². The van der Waals surface area contributed by atoms with Gasteiger partial charge in [0.15, 0.2) is 10.6 Å². The first kappa shape index (κ1) is 41.4. The average molecular weight is 835 g/mol. The summed E-state index contributed by atoms with van der Waals surface area (Å²) < 4.78 is 43.5. The second kappa shape index (κ2) is 18.9. The number of sulfonamides is 1. The molecule has 2 heterocycles. The van der Waals surface area contributed by atoms with Crippen molar-refractivity contribution in [3.8, 4) is 11.1 Å². The molecule has 5 unspecified atom stereocenters. The highest BCUT2D eigenvalue weighted by molar-refractivity contribution is 8.01. The van der Waals surface area contributed by atoms with E-state index in [1.54, 1.807) is 47.4 Å². The van der Waals surface area contributed by atoms with E-state index in [0.29, 0.717) is 5.75 Å². The number of rotatable bonds is 15. The van der Waals surface area contributed by atoms with Gasteiger partial charge in [-0.05, 0) is 71.8 Å². The lowest BCUT2D eigenvalue weighted by atomic mass is 9.91. The van der Waals surface area contributed by atoms with Gasteiger partial charge < -0.3 is 19.9 Å². The molecule has 1 aliphatic rings. The van der Waals surface area contributed by atoms with Crippen molar-refractivity contribution in [2.24, 2.45) is 5.92 Å². The molecule has 0 saturated carbocycles. The molecule has 7 rings (SSSR count). The smallest absolute Gasteiger partial charge is 0.241 e. The molecule has 1 aliphatic heterocycles. The molecule has 3 N–H and O–H groups in total. The standard InChI is InChI=1S/C45H46N4O6S3/c1-29-12-22-39(23-13-29)58(52,53)49-40(25-32-8-5-4-6-9-32)43(51)46-26-34-10-7-11-38(24-34)35-18-20-37(21-19-35)44-54-41(28-56-45-48-47-31(3)57-45)30(2)42(55-44)36-16-14-33(27-50)15-17-36/h4-24,30,40-42,44,49-50H,25-28H2,1-3H3,(H,46,51). The zero-order valence-corrected chi connectivity index (χ0v) is 34.9. The van der Waals surface area contributed by atoms with Crippen molar-refractivity contribution in [1.29, 1.82) is 0 Å². The molecule has 10 nitrogen and oxygen atoms in total. The second-order valence-corrected chi connectivity index (χ2v) is 18.6. The van der Waals surface area contributed by atoms with Gasteiger partial charge in [0.25, 0.3) is 0 Å². The van der Waals surface area contributed by atoms with Crippen molar-refractivity contribution in [2.75, 3.05) is 5.75 Å². The lowest BCUT2D eigenvalue weighted by molar-refractivity contribution is -0.268. The van der Waals surface area contributed by atoms with E-state index in [-0.39, 0.29) is 42.6 Å². The molecule has 0 radical (unpaired) electrons. The minimum absolute atomic E-state index is 0.0222. The predicted molar refractivity (Wildman–Crippen MR) is 227 cm³/mol. The van der Waals surface area contributed by atoms with Gasteiger partial charge in [0.05, 0.1) is 23.7 Å². The van der Waals surface area contributed by atoms with E-state index >= 15 is 0 Å². The lowest BCUT2D eigenvalue weighted by Crippen LogP contribution is -2.47. The molecule has 0 bridgehead atoms. The number of nitrogens with one attached hydrogen (secondary N) is 2. The van der Waals surface area contributed by atoms with Crippen LogP contribution < -0.4 is 10.0 Å². The number of aryl methyl sites for hydroxylation is 2. The predicted octanol–water partition coefficient (Wildman–Crippen LogP) is 8.10. The number of hydrogen-bond donors (Lipinski definition) is 3. The van der Waals surface area contributed by atoms with Crippen LogP contribution >= 0.6 is 23.1 Å². The van der Waals surface area contributed by atoms with Crippen LogP contribution in [0.3, 0.4) is 0 Å². The summed E-state index contributed by atoms with van der Waals surface area (Å²) in [5.74, 6) is 0.310. The number of hydrogen-bond acceptors (Lipinski definition) is 10. The number of carbonyl (C=O) groups excluding carboxylic acids is 1. The molecule has 1 saturated heterocycles. The van der Waals surface area contributed by atoms with Gasteiger partial charge in [-0.1, -0.05) is 145 Å². The molecular formula is C45H46N4O6S3. The Kier molecular flexibility index (Phi) is 13.5. The van der Waals surface area contributed by atoms with E-state index in [9.17, 15) is 18.3 Å². The summed E-state index contributed by atoms with van der Waals surface area (Å²) in [6.07, 6.45) is -0.780. The number of nitrogens with zero attached hydrogens (tertiary/aromatic N) is 2. The quantitative estimate of drug-likeness (QED) is 0.0876. The number of amides is 1. The maximum Gasteiger partial charge on any atom is 0.241 e. The third-order valence-electron chi connectivity index (χ3n) is 10.1. The van der Waals surface area contributed by atoms with Crippen LogP contribution in [0.15, 0.2) is 137 Å². The molecule has 5 atom stereocenters. The Labute approximate surface area is 348 Å². The minimum Gasteiger partial charge on any atom is -0.392 e. The monoisotopic (exact) mass is 834 g/mol. The van der Waals surface area contributed by atoms with Crippen molar-refractivity contribution in [1.82, 2.24) is 20.2 Å². The number of ether oxygens (including phenoxy) is 2. The molecular weight excluding hydrogens is 789 g/mol. The molecule has 58 heavy (non-hydrogen) atoms. The van der Waals surface area contributed by atoms with Gasteiger partial charge in [0.2, 0.25) is 15.9 Å². The number of benzene rings is 5. The van der Waals surface area contributed by atoms with Gasteiger partial charge >= 0.3 is 0 Å². The first-order valence-electron chi connectivity index (χ1n) is 19.1. The van der Waals surface area contributed by atoms with Crippen molar-refractivity contribution in [3.05, 3.63) is 166 Å². The molecule has 6 aromatic rings. The fourth-order valence-electron chi connectivity index (χ4n) is 6.82. The van der Waals surface area contributed by atoms with Gasteiger partial charge in [0.1, 0.15) is 11.0 Å². The van der Waals surface area contributed by atoms with Gasteiger partial charge in [-0.15, -0.1) is 10.2 Å². The van der Waals surface area contributed by atoms with Crippen LogP contribution in [0.4, 0.5) is 0 Å². The first-order chi connectivity index (χ1) is 28.0. The lowest BCUT2D eigenvalue weighted by Gasteiger charge is -2.41. The third kappa shape index (κ3) is 10.5.